The fraction of sp³-hybridized carbons (Fsp3) is 0.444. The number of carbonyl (C=O) groups excluding carboxylic acids is 1. The van der Waals surface area contributed by atoms with Gasteiger partial charge in [-0.1, -0.05) is 6.92 Å². The highest BCUT2D eigenvalue weighted by Gasteiger charge is 2.10. The monoisotopic (exact) mass is 209 g/mol. The molecule has 1 rings (SSSR count). The molecule has 0 radical (unpaired) electrons. The van der Waals surface area contributed by atoms with Gasteiger partial charge in [0.15, 0.2) is 11.5 Å². The number of hydrogen-bond donors (Lipinski definition) is 3. The Bertz CT molecular complexity index is 341. The lowest BCUT2D eigenvalue weighted by Gasteiger charge is -2.11. The third-order valence-corrected chi connectivity index (χ3v) is 1.99. The third kappa shape index (κ3) is 3.17. The van der Waals surface area contributed by atoms with Crippen LogP contribution >= 0.6 is 0 Å². The van der Waals surface area contributed by atoms with Crippen molar-refractivity contribution in [2.45, 2.75) is 19.4 Å². The second kappa shape index (κ2) is 5.26. The third-order valence-electron chi connectivity index (χ3n) is 1.99. The average Bonchev–Trinajstić information content (AvgIpc) is 2.26. The van der Waals surface area contributed by atoms with Crippen molar-refractivity contribution in [3.8, 4) is 0 Å². The van der Waals surface area contributed by atoms with E-state index in [-0.39, 0.29) is 11.7 Å². The first kappa shape index (κ1) is 11.4. The minimum atomic E-state index is -0.601. The molecule has 1 heterocycles. The van der Waals surface area contributed by atoms with Gasteiger partial charge >= 0.3 is 0 Å². The highest BCUT2D eigenvalue weighted by Crippen LogP contribution is 2.06. The molecule has 5 N–H and O–H groups in total. The van der Waals surface area contributed by atoms with E-state index in [1.807, 2.05) is 6.92 Å². The van der Waals surface area contributed by atoms with E-state index in [2.05, 4.69) is 15.3 Å². The van der Waals surface area contributed by atoms with Crippen LogP contribution in [0.15, 0.2) is 12.4 Å². The molecule has 6 nitrogen and oxygen atoms in total. The molecule has 1 aromatic heterocycles. The van der Waals surface area contributed by atoms with E-state index in [9.17, 15) is 4.79 Å². The van der Waals surface area contributed by atoms with Gasteiger partial charge in [0.2, 0.25) is 0 Å². The molecule has 0 aliphatic carbocycles. The van der Waals surface area contributed by atoms with Crippen molar-refractivity contribution in [2.24, 2.45) is 11.5 Å². The largest absolute Gasteiger partial charge is 0.367 e. The standard InChI is InChI=1S/C9H15N5O/c1-2-6(10)5-14-9-7(8(11)15)12-3-4-13-9/h3-4,6H,2,5,10H2,1H3,(H2,11,15)(H,13,14). The van der Waals surface area contributed by atoms with Gasteiger partial charge in [-0.2, -0.15) is 0 Å². The molecule has 1 atom stereocenters. The minimum Gasteiger partial charge on any atom is -0.367 e. The second-order valence-corrected chi connectivity index (χ2v) is 3.17. The van der Waals surface area contributed by atoms with Crippen LogP contribution in [0.2, 0.25) is 0 Å². The fourth-order valence-corrected chi connectivity index (χ4v) is 1.02. The molecule has 0 fully saturated rings. The van der Waals surface area contributed by atoms with E-state index in [1.54, 1.807) is 0 Å². The van der Waals surface area contributed by atoms with Crippen molar-refractivity contribution in [3.63, 3.8) is 0 Å². The van der Waals surface area contributed by atoms with Crippen LogP contribution in [0.25, 0.3) is 0 Å². The van der Waals surface area contributed by atoms with Gasteiger partial charge < -0.3 is 16.8 Å². The topological polar surface area (TPSA) is 107 Å². The molecule has 0 spiro atoms. The summed E-state index contributed by atoms with van der Waals surface area (Å²) in [5, 5.41) is 2.95. The Morgan fingerprint density at radius 3 is 2.80 bits per heavy atom. The minimum absolute atomic E-state index is 0.0210. The summed E-state index contributed by atoms with van der Waals surface area (Å²) in [6.45, 7) is 2.52. The molecular formula is C9H15N5O. The SMILES string of the molecule is CCC(N)CNc1nccnc1C(N)=O. The smallest absolute Gasteiger partial charge is 0.271 e. The van der Waals surface area contributed by atoms with E-state index in [4.69, 9.17) is 11.5 Å². The van der Waals surface area contributed by atoms with Crippen LogP contribution in [-0.2, 0) is 0 Å². The lowest BCUT2D eigenvalue weighted by molar-refractivity contribution is 0.0996. The summed E-state index contributed by atoms with van der Waals surface area (Å²) in [6.07, 6.45) is 3.76. The van der Waals surface area contributed by atoms with Crippen molar-refractivity contribution in [2.75, 3.05) is 11.9 Å². The van der Waals surface area contributed by atoms with Crippen molar-refractivity contribution in [1.82, 2.24) is 9.97 Å². The van der Waals surface area contributed by atoms with Crippen LogP contribution < -0.4 is 16.8 Å². The van der Waals surface area contributed by atoms with Crippen LogP contribution in [0.1, 0.15) is 23.8 Å². The average molecular weight is 209 g/mol. The van der Waals surface area contributed by atoms with Crippen LogP contribution in [0.4, 0.5) is 5.82 Å². The van der Waals surface area contributed by atoms with Crippen molar-refractivity contribution in [1.29, 1.82) is 0 Å². The Morgan fingerprint density at radius 2 is 2.20 bits per heavy atom. The fourth-order valence-electron chi connectivity index (χ4n) is 1.02. The number of hydrogen-bond acceptors (Lipinski definition) is 5. The van der Waals surface area contributed by atoms with Gasteiger partial charge in [-0.05, 0) is 6.42 Å². The zero-order valence-electron chi connectivity index (χ0n) is 8.60. The van der Waals surface area contributed by atoms with Gasteiger partial charge in [0, 0.05) is 25.0 Å². The molecule has 0 saturated heterocycles. The summed E-state index contributed by atoms with van der Waals surface area (Å²) in [6, 6.07) is 0.0210. The molecule has 15 heavy (non-hydrogen) atoms. The van der Waals surface area contributed by atoms with Crippen LogP contribution in [-0.4, -0.2) is 28.5 Å². The van der Waals surface area contributed by atoms with Gasteiger partial charge in [-0.15, -0.1) is 0 Å². The molecule has 82 valence electrons. The van der Waals surface area contributed by atoms with E-state index in [0.717, 1.165) is 6.42 Å². The van der Waals surface area contributed by atoms with Crippen molar-refractivity contribution < 1.29 is 4.79 Å². The first-order valence-electron chi connectivity index (χ1n) is 4.75. The predicted octanol–water partition coefficient (Wildman–Crippen LogP) is -0.275. The number of nitrogens with one attached hydrogen (secondary N) is 1. The second-order valence-electron chi connectivity index (χ2n) is 3.17. The van der Waals surface area contributed by atoms with Gasteiger partial charge in [-0.25, -0.2) is 9.97 Å². The summed E-state index contributed by atoms with van der Waals surface area (Å²) in [4.78, 5) is 18.8. The summed E-state index contributed by atoms with van der Waals surface area (Å²) in [5.41, 5.74) is 11.0. The van der Waals surface area contributed by atoms with Crippen LogP contribution in [0.3, 0.4) is 0 Å². The zero-order chi connectivity index (χ0) is 11.3. The molecule has 1 unspecified atom stereocenters. The lowest BCUT2D eigenvalue weighted by atomic mass is 10.2. The Morgan fingerprint density at radius 1 is 1.53 bits per heavy atom. The molecule has 0 saturated carbocycles. The Kier molecular flexibility index (Phi) is 3.99. The number of aromatic nitrogens is 2. The maximum absolute atomic E-state index is 11.0. The quantitative estimate of drug-likeness (QED) is 0.618. The maximum atomic E-state index is 11.0. The van der Waals surface area contributed by atoms with Gasteiger partial charge in [0.1, 0.15) is 0 Å². The number of nitrogens with two attached hydrogens (primary N) is 2. The van der Waals surface area contributed by atoms with E-state index >= 15 is 0 Å². The van der Waals surface area contributed by atoms with Crippen LogP contribution in [0.5, 0.6) is 0 Å². The van der Waals surface area contributed by atoms with Crippen molar-refractivity contribution >= 4 is 11.7 Å². The molecular weight excluding hydrogens is 194 g/mol. The first-order chi connectivity index (χ1) is 7.15. The number of anilines is 1. The maximum Gasteiger partial charge on any atom is 0.271 e. The molecule has 1 aromatic rings. The highest BCUT2D eigenvalue weighted by molar-refractivity contribution is 5.95. The summed E-state index contributed by atoms with van der Waals surface area (Å²) in [7, 11) is 0. The number of rotatable bonds is 5. The summed E-state index contributed by atoms with van der Waals surface area (Å²) in [5.74, 6) is -0.218. The van der Waals surface area contributed by atoms with E-state index < -0.39 is 5.91 Å². The van der Waals surface area contributed by atoms with Crippen LogP contribution in [0, 0.1) is 0 Å². The predicted molar refractivity (Wildman–Crippen MR) is 57.3 cm³/mol. The number of nitrogens with zero attached hydrogens (tertiary/aromatic N) is 2. The van der Waals surface area contributed by atoms with E-state index in [0.29, 0.717) is 12.4 Å². The van der Waals surface area contributed by atoms with Crippen molar-refractivity contribution in [3.05, 3.63) is 18.1 Å². The van der Waals surface area contributed by atoms with E-state index in [1.165, 1.54) is 12.4 Å². The Balaban J connectivity index is 2.72. The normalized spacial score (nSPS) is 12.1. The lowest BCUT2D eigenvalue weighted by Crippen LogP contribution is -2.29. The molecule has 6 heteroatoms. The van der Waals surface area contributed by atoms with Gasteiger partial charge in [0.05, 0.1) is 0 Å². The number of primary amides is 1. The molecule has 0 bridgehead atoms. The zero-order valence-corrected chi connectivity index (χ0v) is 8.60. The highest BCUT2D eigenvalue weighted by atomic mass is 16.1. The van der Waals surface area contributed by atoms with Gasteiger partial charge in [0.25, 0.3) is 5.91 Å². The Hall–Kier alpha value is -1.69. The molecule has 0 aliphatic rings. The Labute approximate surface area is 88.1 Å². The van der Waals surface area contributed by atoms with Gasteiger partial charge in [-0.3, -0.25) is 4.79 Å². The summed E-state index contributed by atoms with van der Waals surface area (Å²) < 4.78 is 0. The first-order valence-corrected chi connectivity index (χ1v) is 4.75. The number of carbonyl (C=O) groups is 1. The molecule has 1 amide bonds. The summed E-state index contributed by atoms with van der Waals surface area (Å²) >= 11 is 0. The molecule has 0 aromatic carbocycles. The molecule has 0 aliphatic heterocycles. The number of amides is 1.